The molecular formula is C15H23FN2O3. The minimum Gasteiger partial charge on any atom is -0.465 e. The molecule has 118 valence electrons. The monoisotopic (exact) mass is 298 g/mol. The van der Waals surface area contributed by atoms with Crippen molar-refractivity contribution in [2.45, 2.75) is 26.2 Å². The summed E-state index contributed by atoms with van der Waals surface area (Å²) in [5, 5.41) is 2.93. The fourth-order valence-corrected chi connectivity index (χ4v) is 1.76. The Balaban J connectivity index is 2.49. The first-order chi connectivity index (χ1) is 10.1. The minimum atomic E-state index is -0.585. The van der Waals surface area contributed by atoms with Gasteiger partial charge in [0.05, 0.1) is 18.4 Å². The summed E-state index contributed by atoms with van der Waals surface area (Å²) >= 11 is 0. The van der Waals surface area contributed by atoms with Gasteiger partial charge < -0.3 is 20.5 Å². The van der Waals surface area contributed by atoms with Gasteiger partial charge in [-0.25, -0.2) is 9.18 Å². The van der Waals surface area contributed by atoms with Crippen LogP contribution in [-0.2, 0) is 9.47 Å². The zero-order valence-corrected chi connectivity index (χ0v) is 12.6. The van der Waals surface area contributed by atoms with E-state index in [0.717, 1.165) is 31.9 Å². The van der Waals surface area contributed by atoms with Gasteiger partial charge >= 0.3 is 5.97 Å². The number of carbonyl (C=O) groups is 1. The summed E-state index contributed by atoms with van der Waals surface area (Å²) < 4.78 is 23.8. The number of nitrogen functional groups attached to an aromatic ring is 1. The predicted molar refractivity (Wildman–Crippen MR) is 81.0 cm³/mol. The number of halogens is 1. The zero-order valence-electron chi connectivity index (χ0n) is 12.6. The highest BCUT2D eigenvalue weighted by molar-refractivity contribution is 5.96. The van der Waals surface area contributed by atoms with Gasteiger partial charge in [0, 0.05) is 25.4 Å². The third kappa shape index (κ3) is 5.59. The average Bonchev–Trinajstić information content (AvgIpc) is 2.47. The highest BCUT2D eigenvalue weighted by atomic mass is 19.1. The van der Waals surface area contributed by atoms with E-state index in [1.165, 1.54) is 13.2 Å². The summed E-state index contributed by atoms with van der Waals surface area (Å²) in [4.78, 5) is 11.5. The normalized spacial score (nSPS) is 10.4. The number of anilines is 2. The Hall–Kier alpha value is -1.82. The summed E-state index contributed by atoms with van der Waals surface area (Å²) in [5.41, 5.74) is 6.05. The second-order valence-corrected chi connectivity index (χ2v) is 4.66. The molecule has 0 heterocycles. The fourth-order valence-electron chi connectivity index (χ4n) is 1.76. The number of hydrogen-bond donors (Lipinski definition) is 2. The molecule has 5 nitrogen and oxygen atoms in total. The molecule has 1 aromatic rings. The van der Waals surface area contributed by atoms with Gasteiger partial charge in [-0.15, -0.1) is 0 Å². The van der Waals surface area contributed by atoms with Crippen LogP contribution in [0.2, 0.25) is 0 Å². The summed E-state index contributed by atoms with van der Waals surface area (Å²) in [6, 6.07) is 2.49. The molecular weight excluding hydrogens is 275 g/mol. The van der Waals surface area contributed by atoms with Crippen LogP contribution < -0.4 is 11.1 Å². The van der Waals surface area contributed by atoms with Gasteiger partial charge in [0.15, 0.2) is 0 Å². The number of rotatable bonds is 9. The number of unbranched alkanes of at least 4 members (excludes halogenated alkanes) is 1. The van der Waals surface area contributed by atoms with Crippen molar-refractivity contribution in [1.82, 2.24) is 0 Å². The number of esters is 1. The zero-order chi connectivity index (χ0) is 15.7. The number of ether oxygens (including phenoxy) is 2. The van der Waals surface area contributed by atoms with Crippen LogP contribution in [0.4, 0.5) is 15.8 Å². The van der Waals surface area contributed by atoms with E-state index in [1.807, 2.05) is 0 Å². The van der Waals surface area contributed by atoms with Crippen molar-refractivity contribution in [2.75, 3.05) is 37.9 Å². The SMILES string of the molecule is CCCCOCCCNc1cc(C(=O)OC)c(N)cc1F. The van der Waals surface area contributed by atoms with Gasteiger partial charge in [0.2, 0.25) is 0 Å². The first-order valence-corrected chi connectivity index (χ1v) is 7.09. The van der Waals surface area contributed by atoms with E-state index < -0.39 is 11.8 Å². The maximum atomic E-state index is 13.7. The lowest BCUT2D eigenvalue weighted by Gasteiger charge is -2.11. The largest absolute Gasteiger partial charge is 0.465 e. The van der Waals surface area contributed by atoms with Crippen LogP contribution in [0, 0.1) is 5.82 Å². The maximum Gasteiger partial charge on any atom is 0.340 e. The fraction of sp³-hybridized carbons (Fsp3) is 0.533. The molecule has 0 aliphatic rings. The number of hydrogen-bond acceptors (Lipinski definition) is 5. The first kappa shape index (κ1) is 17.2. The standard InChI is InChI=1S/C15H23FN2O3/c1-3-4-7-21-8-5-6-18-14-9-11(15(19)20-2)13(17)10-12(14)16/h9-10,18H,3-8,17H2,1-2H3. The number of nitrogens with two attached hydrogens (primary N) is 1. The van der Waals surface area contributed by atoms with E-state index in [0.29, 0.717) is 13.2 Å². The lowest BCUT2D eigenvalue weighted by atomic mass is 10.1. The first-order valence-electron chi connectivity index (χ1n) is 7.09. The van der Waals surface area contributed by atoms with Crippen LogP contribution in [0.1, 0.15) is 36.5 Å². The number of methoxy groups -OCH3 is 1. The average molecular weight is 298 g/mol. The molecule has 21 heavy (non-hydrogen) atoms. The topological polar surface area (TPSA) is 73.6 Å². The molecule has 0 spiro atoms. The Kier molecular flexibility index (Phi) is 7.53. The smallest absolute Gasteiger partial charge is 0.340 e. The van der Waals surface area contributed by atoms with Crippen LogP contribution in [0.3, 0.4) is 0 Å². The van der Waals surface area contributed by atoms with Crippen LogP contribution in [0.5, 0.6) is 0 Å². The predicted octanol–water partition coefficient (Wildman–Crippen LogP) is 2.81. The molecule has 0 fully saturated rings. The van der Waals surface area contributed by atoms with Gasteiger partial charge in [-0.1, -0.05) is 13.3 Å². The third-order valence-electron chi connectivity index (χ3n) is 2.97. The van der Waals surface area contributed by atoms with Crippen molar-refractivity contribution in [3.05, 3.63) is 23.5 Å². The molecule has 0 saturated heterocycles. The van der Waals surface area contributed by atoms with Gasteiger partial charge in [-0.05, 0) is 25.0 Å². The molecule has 0 amide bonds. The molecule has 1 aromatic carbocycles. The highest BCUT2D eigenvalue weighted by Crippen LogP contribution is 2.22. The van der Waals surface area contributed by atoms with E-state index in [-0.39, 0.29) is 16.9 Å². The molecule has 0 radical (unpaired) electrons. The van der Waals surface area contributed by atoms with Crippen molar-refractivity contribution in [3.63, 3.8) is 0 Å². The van der Waals surface area contributed by atoms with Crippen molar-refractivity contribution in [2.24, 2.45) is 0 Å². The number of nitrogens with one attached hydrogen (secondary N) is 1. The van der Waals surface area contributed by atoms with E-state index in [9.17, 15) is 9.18 Å². The Bertz CT molecular complexity index is 466. The molecule has 0 bridgehead atoms. The minimum absolute atomic E-state index is 0.0628. The van der Waals surface area contributed by atoms with Gasteiger partial charge in [0.1, 0.15) is 5.82 Å². The van der Waals surface area contributed by atoms with Crippen LogP contribution in [-0.4, -0.2) is 32.8 Å². The van der Waals surface area contributed by atoms with Gasteiger partial charge in [0.25, 0.3) is 0 Å². The van der Waals surface area contributed by atoms with Crippen molar-refractivity contribution >= 4 is 17.3 Å². The van der Waals surface area contributed by atoms with E-state index in [1.54, 1.807) is 0 Å². The van der Waals surface area contributed by atoms with Crippen LogP contribution in [0.15, 0.2) is 12.1 Å². The quantitative estimate of drug-likeness (QED) is 0.416. The summed E-state index contributed by atoms with van der Waals surface area (Å²) in [6.45, 7) is 4.02. The Morgan fingerprint density at radius 3 is 2.71 bits per heavy atom. The number of benzene rings is 1. The lowest BCUT2D eigenvalue weighted by molar-refractivity contribution is 0.0602. The highest BCUT2D eigenvalue weighted by Gasteiger charge is 2.14. The molecule has 0 aliphatic heterocycles. The summed E-state index contributed by atoms with van der Waals surface area (Å²) in [5.74, 6) is -1.08. The summed E-state index contributed by atoms with van der Waals surface area (Å²) in [6.07, 6.45) is 2.90. The van der Waals surface area contributed by atoms with E-state index >= 15 is 0 Å². The Morgan fingerprint density at radius 2 is 2.05 bits per heavy atom. The second kappa shape index (κ2) is 9.18. The third-order valence-corrected chi connectivity index (χ3v) is 2.97. The molecule has 1 rings (SSSR count). The second-order valence-electron chi connectivity index (χ2n) is 4.66. The van der Waals surface area contributed by atoms with Gasteiger partial charge in [-0.2, -0.15) is 0 Å². The molecule has 0 aromatic heterocycles. The maximum absolute atomic E-state index is 13.7. The molecule has 0 atom stereocenters. The van der Waals surface area contributed by atoms with Crippen molar-refractivity contribution in [1.29, 1.82) is 0 Å². The molecule has 0 unspecified atom stereocenters. The lowest BCUT2D eigenvalue weighted by Crippen LogP contribution is -2.11. The van der Waals surface area contributed by atoms with Crippen molar-refractivity contribution < 1.29 is 18.7 Å². The van der Waals surface area contributed by atoms with Crippen molar-refractivity contribution in [3.8, 4) is 0 Å². The van der Waals surface area contributed by atoms with Gasteiger partial charge in [-0.3, -0.25) is 0 Å². The molecule has 3 N–H and O–H groups in total. The molecule has 0 aliphatic carbocycles. The molecule has 6 heteroatoms. The number of carbonyl (C=O) groups excluding carboxylic acids is 1. The van der Waals surface area contributed by atoms with Crippen LogP contribution >= 0.6 is 0 Å². The van der Waals surface area contributed by atoms with E-state index in [2.05, 4.69) is 17.0 Å². The van der Waals surface area contributed by atoms with Crippen LogP contribution in [0.25, 0.3) is 0 Å². The Labute approximate surface area is 124 Å². The summed E-state index contributed by atoms with van der Waals surface area (Å²) in [7, 11) is 1.26. The molecule has 0 saturated carbocycles. The Morgan fingerprint density at radius 1 is 1.33 bits per heavy atom. The van der Waals surface area contributed by atoms with E-state index in [4.69, 9.17) is 10.5 Å².